The highest BCUT2D eigenvalue weighted by atomic mass is 28.4. The van der Waals surface area contributed by atoms with Crippen LogP contribution < -0.4 is 0 Å². The largest absolute Gasteiger partial charge is 0.460 e. The molecule has 124 valence electrons. The maximum Gasteiger partial charge on any atom is 0.376 e. The first-order valence-corrected chi connectivity index (χ1v) is 8.26. The van der Waals surface area contributed by atoms with E-state index in [-0.39, 0.29) is 0 Å². The molecular weight excluding hydrogens is 331 g/mol. The van der Waals surface area contributed by atoms with Crippen molar-refractivity contribution in [1.29, 1.82) is 0 Å². The van der Waals surface area contributed by atoms with Gasteiger partial charge >= 0.3 is 14.5 Å². The molecule has 0 saturated carbocycles. The van der Waals surface area contributed by atoms with Crippen LogP contribution in [0.3, 0.4) is 0 Å². The minimum absolute atomic E-state index is 0.338. The van der Waals surface area contributed by atoms with E-state index in [1.54, 1.807) is 6.92 Å². The minimum Gasteiger partial charge on any atom is -0.460 e. The number of esters is 1. The van der Waals surface area contributed by atoms with Crippen LogP contribution in [0.25, 0.3) is 0 Å². The van der Waals surface area contributed by atoms with Crippen molar-refractivity contribution in [2.24, 2.45) is 0 Å². The van der Waals surface area contributed by atoms with Gasteiger partial charge in [0.1, 0.15) is 11.8 Å². The summed E-state index contributed by atoms with van der Waals surface area (Å²) < 4.78 is 80.6. The molecule has 1 aromatic rings. The van der Waals surface area contributed by atoms with E-state index >= 15 is 0 Å². The van der Waals surface area contributed by atoms with Crippen LogP contribution in [0.1, 0.15) is 17.3 Å². The lowest BCUT2D eigenvalue weighted by molar-refractivity contribution is 0.0500. The van der Waals surface area contributed by atoms with Crippen molar-refractivity contribution in [2.45, 2.75) is 13.0 Å². The molecule has 0 N–H and O–H groups in total. The summed E-state index contributed by atoms with van der Waals surface area (Å²) in [6.45, 7) is 1.67. The number of rotatable bonds is 6. The molecule has 1 rings (SSSR count). The summed E-state index contributed by atoms with van der Waals surface area (Å²) in [6.07, 6.45) is -0.463. The maximum absolute atomic E-state index is 13.4. The van der Waals surface area contributed by atoms with Gasteiger partial charge in [0.2, 0.25) is 5.82 Å². The Morgan fingerprint density at radius 1 is 0.909 bits per heavy atom. The van der Waals surface area contributed by atoms with Gasteiger partial charge in [-0.3, -0.25) is 0 Å². The van der Waals surface area contributed by atoms with Gasteiger partial charge in [-0.25, -0.2) is 26.7 Å². The van der Waals surface area contributed by atoms with E-state index in [9.17, 15) is 26.7 Å². The zero-order valence-electron chi connectivity index (χ0n) is 11.9. The molecule has 0 aliphatic heterocycles. The SMILES string of the molecule is CC[Si](COC(=O)c1c(F)c(F)c(F)c(F)c1F)(OC)OC. The molecular formula is C12H13F5O4Si. The molecule has 10 heteroatoms. The summed E-state index contributed by atoms with van der Waals surface area (Å²) in [5.74, 6) is -13.0. The van der Waals surface area contributed by atoms with Crippen LogP contribution in [0.2, 0.25) is 6.04 Å². The summed E-state index contributed by atoms with van der Waals surface area (Å²) >= 11 is 0. The molecule has 0 amide bonds. The van der Waals surface area contributed by atoms with Crippen LogP contribution in [0.15, 0.2) is 0 Å². The number of carbonyl (C=O) groups excluding carboxylic acids is 1. The van der Waals surface area contributed by atoms with E-state index in [0.29, 0.717) is 6.04 Å². The number of halogens is 5. The van der Waals surface area contributed by atoms with Crippen molar-refractivity contribution < 1.29 is 40.3 Å². The second-order valence-corrected chi connectivity index (χ2v) is 7.83. The lowest BCUT2D eigenvalue weighted by Crippen LogP contribution is -2.45. The van der Waals surface area contributed by atoms with Crippen molar-refractivity contribution in [2.75, 3.05) is 20.4 Å². The van der Waals surface area contributed by atoms with Crippen LogP contribution in [-0.4, -0.2) is 35.0 Å². The van der Waals surface area contributed by atoms with E-state index in [2.05, 4.69) is 4.74 Å². The first-order valence-electron chi connectivity index (χ1n) is 6.03. The molecule has 0 unspecified atom stereocenters. The quantitative estimate of drug-likeness (QED) is 0.262. The highest BCUT2D eigenvalue weighted by molar-refractivity contribution is 6.67. The molecule has 0 aliphatic rings. The molecule has 0 aromatic heterocycles. The molecule has 0 atom stereocenters. The maximum atomic E-state index is 13.4. The Morgan fingerprint density at radius 3 is 1.68 bits per heavy atom. The number of hydrogen-bond donors (Lipinski definition) is 0. The molecule has 0 fully saturated rings. The Balaban J connectivity index is 3.10. The van der Waals surface area contributed by atoms with Crippen molar-refractivity contribution in [3.05, 3.63) is 34.6 Å². The van der Waals surface area contributed by atoms with Gasteiger partial charge < -0.3 is 13.6 Å². The van der Waals surface area contributed by atoms with Crippen molar-refractivity contribution in [3.63, 3.8) is 0 Å². The van der Waals surface area contributed by atoms with Gasteiger partial charge in [-0.2, -0.15) is 0 Å². The Morgan fingerprint density at radius 2 is 1.32 bits per heavy atom. The molecule has 1 aromatic carbocycles. The fourth-order valence-corrected chi connectivity index (χ4v) is 3.16. The lowest BCUT2D eigenvalue weighted by atomic mass is 10.1. The van der Waals surface area contributed by atoms with Gasteiger partial charge in [-0.15, -0.1) is 0 Å². The van der Waals surface area contributed by atoms with E-state index in [1.807, 2.05) is 0 Å². The van der Waals surface area contributed by atoms with Crippen molar-refractivity contribution >= 4 is 14.5 Å². The Bertz CT molecular complexity index is 540. The summed E-state index contributed by atoms with van der Waals surface area (Å²) in [4.78, 5) is 11.6. The Hall–Kier alpha value is -1.52. The molecule has 0 saturated heterocycles. The third kappa shape index (κ3) is 3.28. The number of hydrogen-bond acceptors (Lipinski definition) is 4. The van der Waals surface area contributed by atoms with Crippen LogP contribution in [-0.2, 0) is 13.6 Å². The smallest absolute Gasteiger partial charge is 0.376 e. The molecule has 0 aliphatic carbocycles. The monoisotopic (exact) mass is 344 g/mol. The first-order chi connectivity index (χ1) is 10.2. The van der Waals surface area contributed by atoms with Gasteiger partial charge in [0, 0.05) is 14.2 Å². The fraction of sp³-hybridized carbons (Fsp3) is 0.417. The molecule has 0 bridgehead atoms. The van der Waals surface area contributed by atoms with Gasteiger partial charge in [-0.05, 0) is 6.04 Å². The van der Waals surface area contributed by atoms with E-state index < -0.39 is 55.4 Å². The fourth-order valence-electron chi connectivity index (χ4n) is 1.62. The predicted octanol–water partition coefficient (Wildman–Crippen LogP) is 2.83. The molecule has 0 heterocycles. The normalized spacial score (nSPS) is 11.6. The van der Waals surface area contributed by atoms with Gasteiger partial charge in [-0.1, -0.05) is 6.92 Å². The third-order valence-electron chi connectivity index (χ3n) is 3.12. The van der Waals surface area contributed by atoms with Crippen LogP contribution >= 0.6 is 0 Å². The number of ether oxygens (including phenoxy) is 1. The molecule has 4 nitrogen and oxygen atoms in total. The van der Waals surface area contributed by atoms with Crippen LogP contribution in [0, 0.1) is 29.1 Å². The highest BCUT2D eigenvalue weighted by Crippen LogP contribution is 2.24. The molecule has 0 radical (unpaired) electrons. The standard InChI is InChI=1S/C12H13F5O4Si/c1-4-22(19-2,20-3)5-21-12(18)6-7(13)9(15)11(17)10(16)8(6)14/h4-5H2,1-3H3. The highest BCUT2D eigenvalue weighted by Gasteiger charge is 2.37. The van der Waals surface area contributed by atoms with Gasteiger partial charge in [0.25, 0.3) is 0 Å². The Kier molecular flexibility index (Phi) is 6.03. The second kappa shape index (κ2) is 7.16. The van der Waals surface area contributed by atoms with E-state index in [0.717, 1.165) is 0 Å². The first kappa shape index (κ1) is 18.5. The summed E-state index contributed by atoms with van der Waals surface area (Å²) in [5.41, 5.74) is -1.65. The van der Waals surface area contributed by atoms with Gasteiger partial charge in [0.05, 0.1) is 0 Å². The summed E-state index contributed by atoms with van der Waals surface area (Å²) in [5, 5.41) is 0. The summed E-state index contributed by atoms with van der Waals surface area (Å²) in [7, 11) is -0.341. The second-order valence-electron chi connectivity index (χ2n) is 4.19. The molecule has 0 spiro atoms. The zero-order valence-corrected chi connectivity index (χ0v) is 12.9. The average molecular weight is 344 g/mol. The van der Waals surface area contributed by atoms with Crippen molar-refractivity contribution in [1.82, 2.24) is 0 Å². The average Bonchev–Trinajstić information content (AvgIpc) is 2.53. The Labute approximate surface area is 124 Å². The lowest BCUT2D eigenvalue weighted by Gasteiger charge is -2.25. The predicted molar refractivity (Wildman–Crippen MR) is 66.8 cm³/mol. The van der Waals surface area contributed by atoms with Gasteiger partial charge in [0.15, 0.2) is 23.3 Å². The minimum atomic E-state index is -2.94. The van der Waals surface area contributed by atoms with Crippen LogP contribution in [0.5, 0.6) is 0 Å². The van der Waals surface area contributed by atoms with Crippen LogP contribution in [0.4, 0.5) is 22.0 Å². The third-order valence-corrected chi connectivity index (χ3v) is 6.27. The number of carbonyl (C=O) groups is 1. The van der Waals surface area contributed by atoms with E-state index in [1.165, 1.54) is 14.2 Å². The molecule has 22 heavy (non-hydrogen) atoms. The van der Waals surface area contributed by atoms with Crippen molar-refractivity contribution in [3.8, 4) is 0 Å². The van der Waals surface area contributed by atoms with E-state index in [4.69, 9.17) is 8.85 Å². The number of benzene rings is 1. The topological polar surface area (TPSA) is 44.8 Å². The zero-order chi connectivity index (χ0) is 17.1. The summed E-state index contributed by atoms with van der Waals surface area (Å²) in [6, 6.07) is 0.338.